The van der Waals surface area contributed by atoms with Gasteiger partial charge in [-0.05, 0) is 81.4 Å². The van der Waals surface area contributed by atoms with Crippen LogP contribution in [0.3, 0.4) is 0 Å². The fourth-order valence-corrected chi connectivity index (χ4v) is 8.30. The lowest BCUT2D eigenvalue weighted by Crippen LogP contribution is -2.53. The Balaban J connectivity index is 1.21. The molecule has 0 radical (unpaired) electrons. The highest BCUT2D eigenvalue weighted by Crippen LogP contribution is 2.60. The molecule has 3 aliphatic carbocycles. The summed E-state index contributed by atoms with van der Waals surface area (Å²) in [6.45, 7) is 6.73. The summed E-state index contributed by atoms with van der Waals surface area (Å²) in [6.07, 6.45) is 6.22. The maximum absolute atomic E-state index is 13.6. The molecule has 4 aliphatic rings. The van der Waals surface area contributed by atoms with Gasteiger partial charge in [0.1, 0.15) is 11.2 Å². The molecule has 9 nitrogen and oxygen atoms in total. The fourth-order valence-electron chi connectivity index (χ4n) is 8.30. The molecule has 0 aromatic carbocycles. The number of carbonyl (C=O) groups excluding carboxylic acids is 1. The lowest BCUT2D eigenvalue weighted by Gasteiger charge is -2.52. The first-order chi connectivity index (χ1) is 19.4. The smallest absolute Gasteiger partial charge is 0.255 e. The number of imidazole rings is 1. The highest BCUT2D eigenvalue weighted by molar-refractivity contribution is 5.97. The van der Waals surface area contributed by atoms with Crippen LogP contribution in [-0.2, 0) is 17.8 Å². The lowest BCUT2D eigenvalue weighted by atomic mass is 9.53. The number of nitrogens with zero attached hydrogens (tertiary/aromatic N) is 6. The van der Waals surface area contributed by atoms with Crippen LogP contribution in [0.2, 0.25) is 0 Å². The second kappa shape index (κ2) is 8.52. The molecular formula is C31H36N6O3. The van der Waals surface area contributed by atoms with Crippen LogP contribution in [0.15, 0.2) is 30.5 Å². The molecule has 4 fully saturated rings. The van der Waals surface area contributed by atoms with Crippen molar-refractivity contribution in [2.75, 3.05) is 20.8 Å². The molecule has 3 saturated carbocycles. The van der Waals surface area contributed by atoms with Crippen molar-refractivity contribution in [2.24, 2.45) is 23.7 Å². The van der Waals surface area contributed by atoms with Crippen LogP contribution in [0.1, 0.15) is 49.9 Å². The molecule has 4 aromatic rings. The van der Waals surface area contributed by atoms with Gasteiger partial charge in [-0.15, -0.1) is 0 Å². The normalized spacial score (nSPS) is 30.2. The average molecular weight is 541 g/mol. The quantitative estimate of drug-likeness (QED) is 0.336. The largest absolute Gasteiger partial charge is 0.481 e. The molecule has 9 heteroatoms. The second-order valence-electron chi connectivity index (χ2n) is 12.7. The zero-order valence-electron chi connectivity index (χ0n) is 23.6. The Labute approximate surface area is 233 Å². The number of likely N-dealkylation sites (tertiary alicyclic amines) is 1. The monoisotopic (exact) mass is 540 g/mol. The van der Waals surface area contributed by atoms with Crippen molar-refractivity contribution < 1.29 is 14.3 Å². The average Bonchev–Trinajstić information content (AvgIpc) is 3.48. The van der Waals surface area contributed by atoms with Gasteiger partial charge in [0.2, 0.25) is 5.88 Å². The summed E-state index contributed by atoms with van der Waals surface area (Å²) in [5.74, 6) is 4.33. The van der Waals surface area contributed by atoms with Gasteiger partial charge < -0.3 is 23.5 Å². The number of pyridine rings is 2. The predicted molar refractivity (Wildman–Crippen MR) is 151 cm³/mol. The third kappa shape index (κ3) is 3.36. The van der Waals surface area contributed by atoms with Crippen LogP contribution < -0.4 is 4.74 Å². The Morgan fingerprint density at radius 2 is 1.93 bits per heavy atom. The maximum atomic E-state index is 13.6. The molecule has 0 bridgehead atoms. The van der Waals surface area contributed by atoms with E-state index in [1.165, 1.54) is 12.8 Å². The standard InChI is InChI=1S/C31H36N6O3/c1-5-35-24(10-18-6-7-25(39-3)34-27(18)35)29-33-22-9-20(30(38)36-16-21-8-19-11-23(36)26(19)21)14-32-28(22)37(29)15-17-12-31(2,13-17)40-4/h6-7,9-10,14,17,19,21,23,26H,5,8,11-13,15-16H2,1-4H3/t17-,19?,21-,23-,26-,31+/m1/s1. The highest BCUT2D eigenvalue weighted by atomic mass is 16.5. The van der Waals surface area contributed by atoms with Crippen molar-refractivity contribution in [3.05, 3.63) is 36.0 Å². The Morgan fingerprint density at radius 1 is 1.07 bits per heavy atom. The SMILES string of the molecule is CCn1c(-c2nc3cc(C(=O)N4C[C@H]5CC6C[C@@H]4[C@H]65)cnc3n2C[C@H]2C[C@@](C)(OC)C2)cc2ccc(OC)nc21. The van der Waals surface area contributed by atoms with E-state index in [9.17, 15) is 4.79 Å². The van der Waals surface area contributed by atoms with Gasteiger partial charge in [-0.2, -0.15) is 4.98 Å². The van der Waals surface area contributed by atoms with Gasteiger partial charge >= 0.3 is 0 Å². The first kappa shape index (κ1) is 24.3. The molecule has 4 aromatic heterocycles. The van der Waals surface area contributed by atoms with E-state index in [4.69, 9.17) is 24.4 Å². The number of fused-ring (bicyclic) bond motifs is 2. The summed E-state index contributed by atoms with van der Waals surface area (Å²) in [5, 5.41) is 1.04. The maximum Gasteiger partial charge on any atom is 0.255 e. The Morgan fingerprint density at radius 3 is 2.65 bits per heavy atom. The van der Waals surface area contributed by atoms with Gasteiger partial charge in [0, 0.05) is 50.4 Å². The zero-order chi connectivity index (χ0) is 27.3. The van der Waals surface area contributed by atoms with Crippen LogP contribution in [0.5, 0.6) is 5.88 Å². The van der Waals surface area contributed by atoms with Crippen LogP contribution in [0, 0.1) is 23.7 Å². The minimum absolute atomic E-state index is 0.0668. The van der Waals surface area contributed by atoms with Crippen LogP contribution in [0.4, 0.5) is 0 Å². The van der Waals surface area contributed by atoms with E-state index >= 15 is 0 Å². The molecule has 1 aliphatic heterocycles. The fraction of sp³-hybridized carbons (Fsp3) is 0.548. The Bertz CT molecular complexity index is 1670. The van der Waals surface area contributed by atoms with E-state index in [2.05, 4.69) is 33.9 Å². The summed E-state index contributed by atoms with van der Waals surface area (Å²) in [4.78, 5) is 30.5. The van der Waals surface area contributed by atoms with E-state index < -0.39 is 0 Å². The summed E-state index contributed by atoms with van der Waals surface area (Å²) >= 11 is 0. The number of methoxy groups -OCH3 is 2. The zero-order valence-corrected chi connectivity index (χ0v) is 23.6. The summed E-state index contributed by atoms with van der Waals surface area (Å²) < 4.78 is 15.6. The number of aromatic nitrogens is 5. The third-order valence-electron chi connectivity index (χ3n) is 10.5. The second-order valence-corrected chi connectivity index (χ2v) is 12.7. The molecule has 40 heavy (non-hydrogen) atoms. The molecular weight excluding hydrogens is 504 g/mol. The highest BCUT2D eigenvalue weighted by Gasteiger charge is 2.61. The van der Waals surface area contributed by atoms with E-state index in [1.54, 1.807) is 20.4 Å². The van der Waals surface area contributed by atoms with Crippen LogP contribution in [0.25, 0.3) is 33.7 Å². The molecule has 1 amide bonds. The van der Waals surface area contributed by atoms with Crippen LogP contribution in [-0.4, -0.2) is 67.3 Å². The molecule has 208 valence electrons. The van der Waals surface area contributed by atoms with Gasteiger partial charge in [0.15, 0.2) is 11.5 Å². The first-order valence-corrected chi connectivity index (χ1v) is 14.7. The van der Waals surface area contributed by atoms with E-state index in [-0.39, 0.29) is 11.5 Å². The molecule has 1 saturated heterocycles. The predicted octanol–water partition coefficient (Wildman–Crippen LogP) is 4.77. The van der Waals surface area contributed by atoms with Crippen molar-refractivity contribution in [3.63, 3.8) is 0 Å². The van der Waals surface area contributed by atoms with E-state index in [0.29, 0.717) is 29.3 Å². The van der Waals surface area contributed by atoms with E-state index in [1.807, 2.05) is 18.2 Å². The summed E-state index contributed by atoms with van der Waals surface area (Å²) in [5.41, 5.74) is 4.03. The molecule has 5 heterocycles. The van der Waals surface area contributed by atoms with Crippen LogP contribution >= 0.6 is 0 Å². The van der Waals surface area contributed by atoms with Gasteiger partial charge in [-0.3, -0.25) is 4.79 Å². The number of carbonyl (C=O) groups is 1. The molecule has 8 rings (SSSR count). The number of hydrogen-bond acceptors (Lipinski definition) is 6. The van der Waals surface area contributed by atoms with Gasteiger partial charge in [0.25, 0.3) is 5.91 Å². The molecule has 1 unspecified atom stereocenters. The van der Waals surface area contributed by atoms with Crippen molar-refractivity contribution in [2.45, 2.75) is 64.3 Å². The lowest BCUT2D eigenvalue weighted by molar-refractivity contribution is -0.0937. The number of ether oxygens (including phenoxy) is 2. The molecule has 0 spiro atoms. The Hall–Kier alpha value is -3.46. The van der Waals surface area contributed by atoms with Crippen molar-refractivity contribution in [1.82, 2.24) is 29.0 Å². The van der Waals surface area contributed by atoms with Gasteiger partial charge in [-0.25, -0.2) is 9.97 Å². The molecule has 0 N–H and O–H groups in total. The number of hydrogen-bond donors (Lipinski definition) is 0. The van der Waals surface area contributed by atoms with Crippen molar-refractivity contribution in [1.29, 1.82) is 0 Å². The Kier molecular flexibility index (Phi) is 5.19. The van der Waals surface area contributed by atoms with Crippen molar-refractivity contribution in [3.8, 4) is 17.4 Å². The first-order valence-electron chi connectivity index (χ1n) is 14.7. The summed E-state index contributed by atoms with van der Waals surface area (Å²) in [6, 6.07) is 8.48. The minimum atomic E-state index is -0.0668. The number of amides is 1. The topological polar surface area (TPSA) is 87.3 Å². The molecule has 4 atom stereocenters. The number of rotatable bonds is 7. The minimum Gasteiger partial charge on any atom is -0.481 e. The van der Waals surface area contributed by atoms with Gasteiger partial charge in [0.05, 0.1) is 24.0 Å². The summed E-state index contributed by atoms with van der Waals surface area (Å²) in [7, 11) is 3.44. The van der Waals surface area contributed by atoms with E-state index in [0.717, 1.165) is 78.0 Å². The third-order valence-corrected chi connectivity index (χ3v) is 10.5. The van der Waals surface area contributed by atoms with Crippen molar-refractivity contribution >= 4 is 28.1 Å². The number of aryl methyl sites for hydroxylation is 1. The van der Waals surface area contributed by atoms with Gasteiger partial charge in [-0.1, -0.05) is 0 Å².